The van der Waals surface area contributed by atoms with E-state index in [1.54, 1.807) is 0 Å². The molecule has 0 radical (unpaired) electrons. The summed E-state index contributed by atoms with van der Waals surface area (Å²) in [6, 6.07) is 85.4. The Bertz CT molecular complexity index is 3970. The summed E-state index contributed by atoms with van der Waals surface area (Å²) >= 11 is 0. The van der Waals surface area contributed by atoms with Crippen LogP contribution < -0.4 is 19.6 Å². The van der Waals surface area contributed by atoms with Gasteiger partial charge < -0.3 is 19.6 Å². The molecule has 0 aliphatic carbocycles. The summed E-state index contributed by atoms with van der Waals surface area (Å²) in [6.07, 6.45) is 0. The number of para-hydroxylation sites is 8. The fourth-order valence-corrected chi connectivity index (χ4v) is 11.8. The average molecular weight is 983 g/mol. The second-order valence-electron chi connectivity index (χ2n) is 20.5. The maximum Gasteiger partial charge on any atom is 0.0960 e. The van der Waals surface area contributed by atoms with Crippen LogP contribution in [0.25, 0.3) is 32.3 Å². The fraction of sp³-hybridized carbons (Fsp3) is 0.111. The van der Waals surface area contributed by atoms with Gasteiger partial charge in [-0.1, -0.05) is 176 Å². The molecule has 0 atom stereocenters. The van der Waals surface area contributed by atoms with E-state index < -0.39 is 0 Å². The van der Waals surface area contributed by atoms with Crippen molar-refractivity contribution in [3.05, 3.63) is 275 Å². The summed E-state index contributed by atoms with van der Waals surface area (Å²) in [5, 5.41) is 7.06. The Morgan fingerprint density at radius 2 is 0.487 bits per heavy atom. The van der Waals surface area contributed by atoms with Crippen LogP contribution in [0.2, 0.25) is 0 Å². The highest BCUT2D eigenvalue weighted by atomic mass is 15.3. The van der Waals surface area contributed by atoms with E-state index in [1.807, 2.05) is 0 Å². The van der Waals surface area contributed by atoms with Crippen molar-refractivity contribution in [2.75, 3.05) is 19.6 Å². The van der Waals surface area contributed by atoms with Crippen molar-refractivity contribution >= 4 is 101 Å². The summed E-state index contributed by atoms with van der Waals surface area (Å²) in [4.78, 5) is 10.4. The van der Waals surface area contributed by atoms with Crippen molar-refractivity contribution in [1.82, 2.24) is 0 Å². The molecule has 12 aromatic carbocycles. The van der Waals surface area contributed by atoms with Crippen LogP contribution >= 0.6 is 0 Å². The van der Waals surface area contributed by atoms with Crippen LogP contribution in [0, 0.1) is 55.4 Å². The van der Waals surface area contributed by atoms with Crippen molar-refractivity contribution in [1.29, 1.82) is 0 Å². The Hall–Kier alpha value is -9.12. The first-order valence-corrected chi connectivity index (χ1v) is 26.5. The van der Waals surface area contributed by atoms with E-state index in [0.29, 0.717) is 0 Å². The zero-order valence-electron chi connectivity index (χ0n) is 44.7. The molecule has 0 fully saturated rings. The molecule has 0 bridgehead atoms. The highest BCUT2D eigenvalue weighted by Crippen LogP contribution is 2.63. The minimum atomic E-state index is 1.04. The monoisotopic (exact) mass is 982 g/mol. The summed E-state index contributed by atoms with van der Waals surface area (Å²) in [7, 11) is 0. The van der Waals surface area contributed by atoms with E-state index in [4.69, 9.17) is 0 Å². The van der Waals surface area contributed by atoms with Crippen molar-refractivity contribution in [2.45, 2.75) is 55.4 Å². The van der Waals surface area contributed by atoms with Gasteiger partial charge in [0.05, 0.1) is 22.7 Å². The molecule has 12 rings (SSSR count). The number of hydrogen-bond donors (Lipinski definition) is 0. The fourth-order valence-electron chi connectivity index (χ4n) is 11.8. The maximum atomic E-state index is 2.62. The Kier molecular flexibility index (Phi) is 12.4. The number of anilines is 12. The third kappa shape index (κ3) is 8.00. The van der Waals surface area contributed by atoms with Crippen LogP contribution in [-0.4, -0.2) is 0 Å². The molecular formula is C72H62N4. The van der Waals surface area contributed by atoms with E-state index in [1.165, 1.54) is 43.8 Å². The van der Waals surface area contributed by atoms with Crippen LogP contribution in [0.1, 0.15) is 44.5 Å². The van der Waals surface area contributed by atoms with E-state index in [0.717, 1.165) is 101 Å². The molecule has 0 saturated heterocycles. The number of nitrogens with zero attached hydrogens (tertiary/aromatic N) is 4. The predicted octanol–water partition coefficient (Wildman–Crippen LogP) is 20.9. The predicted molar refractivity (Wildman–Crippen MR) is 327 cm³/mol. The first kappa shape index (κ1) is 47.9. The summed E-state index contributed by atoms with van der Waals surface area (Å²) in [5.41, 5.74) is 22.4. The van der Waals surface area contributed by atoms with E-state index in [2.05, 4.69) is 306 Å². The molecule has 0 unspecified atom stereocenters. The van der Waals surface area contributed by atoms with Gasteiger partial charge >= 0.3 is 0 Å². The van der Waals surface area contributed by atoms with Crippen molar-refractivity contribution in [3.8, 4) is 0 Å². The summed E-state index contributed by atoms with van der Waals surface area (Å²) in [6.45, 7) is 18.0. The Balaban J connectivity index is 1.47. The van der Waals surface area contributed by atoms with Gasteiger partial charge in [0.15, 0.2) is 0 Å². The lowest BCUT2D eigenvalue weighted by molar-refractivity contribution is 1.16. The van der Waals surface area contributed by atoms with E-state index in [9.17, 15) is 0 Å². The van der Waals surface area contributed by atoms with Crippen LogP contribution in [0.3, 0.4) is 0 Å². The van der Waals surface area contributed by atoms with Gasteiger partial charge in [0.2, 0.25) is 0 Å². The zero-order valence-corrected chi connectivity index (χ0v) is 44.7. The molecule has 4 nitrogen and oxygen atoms in total. The Morgan fingerprint density at radius 3 is 0.829 bits per heavy atom. The average Bonchev–Trinajstić information content (AvgIpc) is 3.59. The number of aryl methyl sites for hydroxylation is 8. The number of hydrogen-bond acceptors (Lipinski definition) is 4. The zero-order chi connectivity index (χ0) is 52.2. The number of benzene rings is 12. The molecule has 0 aromatic heterocycles. The summed E-state index contributed by atoms with van der Waals surface area (Å²) < 4.78 is 0. The minimum absolute atomic E-state index is 1.04. The molecule has 0 spiro atoms. The first-order valence-electron chi connectivity index (χ1n) is 26.5. The summed E-state index contributed by atoms with van der Waals surface area (Å²) in [5.74, 6) is 0. The van der Waals surface area contributed by atoms with Gasteiger partial charge in [0.1, 0.15) is 0 Å². The minimum Gasteiger partial charge on any atom is -0.309 e. The van der Waals surface area contributed by atoms with Gasteiger partial charge in [0.25, 0.3) is 0 Å². The van der Waals surface area contributed by atoms with Gasteiger partial charge in [0, 0.05) is 61.7 Å². The van der Waals surface area contributed by atoms with E-state index >= 15 is 0 Å². The van der Waals surface area contributed by atoms with Gasteiger partial charge in [-0.25, -0.2) is 0 Å². The highest BCUT2D eigenvalue weighted by molar-refractivity contribution is 6.36. The van der Waals surface area contributed by atoms with Gasteiger partial charge in [-0.05, 0) is 171 Å². The smallest absolute Gasteiger partial charge is 0.0960 e. The second-order valence-corrected chi connectivity index (χ2v) is 20.5. The van der Waals surface area contributed by atoms with Gasteiger partial charge in [-0.2, -0.15) is 0 Å². The molecule has 0 heterocycles. The SMILES string of the molecule is Cc1ccccc1N(c1ccccc1C)c1c(N(c2ccccc2C)c2ccccc2C)c2ccc3cccc4cc(N(c5ccccc5C)c5ccccc5C)c(c1N(c1ccccc1C)c1ccccc1C)c2c34. The van der Waals surface area contributed by atoms with Crippen LogP contribution in [0.15, 0.2) is 231 Å². The lowest BCUT2D eigenvalue weighted by Crippen LogP contribution is -2.24. The Labute approximate surface area is 448 Å². The third-order valence-electron chi connectivity index (χ3n) is 15.6. The van der Waals surface area contributed by atoms with E-state index in [-0.39, 0.29) is 0 Å². The number of rotatable bonds is 12. The van der Waals surface area contributed by atoms with Crippen LogP contribution in [0.5, 0.6) is 0 Å². The molecule has 12 aromatic rings. The molecule has 0 amide bonds. The van der Waals surface area contributed by atoms with Crippen molar-refractivity contribution in [2.24, 2.45) is 0 Å². The van der Waals surface area contributed by atoms with Crippen molar-refractivity contribution in [3.63, 3.8) is 0 Å². The topological polar surface area (TPSA) is 13.0 Å². The molecule has 0 N–H and O–H groups in total. The molecule has 76 heavy (non-hydrogen) atoms. The molecule has 0 saturated carbocycles. The Morgan fingerprint density at radius 1 is 0.197 bits per heavy atom. The lowest BCUT2D eigenvalue weighted by Gasteiger charge is -2.42. The largest absolute Gasteiger partial charge is 0.309 e. The van der Waals surface area contributed by atoms with Crippen molar-refractivity contribution < 1.29 is 0 Å². The standard InChI is InChI=1S/C72H62N4/c1-47-26-9-17-36-58(47)73(59-37-18-10-27-48(59)2)66-46-56-35-25-34-55-44-45-57-68(67(55)56)69(66)71(75(62-40-21-13-30-51(62)5)63-41-22-14-31-52(63)6)72(76(64-42-23-15-32-53(64)7)65-43-24-16-33-54(65)8)70(57)74(60-38-19-11-28-49(60)3)61-39-20-12-29-50(61)4/h9-46H,1-8H3. The molecular weight excluding hydrogens is 921 g/mol. The quantitative estimate of drug-likeness (QED) is 0.113. The van der Waals surface area contributed by atoms with Crippen LogP contribution in [0.4, 0.5) is 68.2 Å². The highest BCUT2D eigenvalue weighted by Gasteiger charge is 2.37. The molecule has 0 aliphatic heterocycles. The van der Waals surface area contributed by atoms with Crippen LogP contribution in [-0.2, 0) is 0 Å². The third-order valence-corrected chi connectivity index (χ3v) is 15.6. The maximum absolute atomic E-state index is 2.62. The first-order chi connectivity index (χ1) is 37.1. The lowest BCUT2D eigenvalue weighted by atomic mass is 9.87. The second kappa shape index (κ2) is 19.6. The molecule has 4 heteroatoms. The normalized spacial score (nSPS) is 11.4. The van der Waals surface area contributed by atoms with Gasteiger partial charge in [-0.15, -0.1) is 0 Å². The molecule has 0 aliphatic rings. The molecule has 370 valence electrons. The van der Waals surface area contributed by atoms with Gasteiger partial charge in [-0.3, -0.25) is 0 Å².